The normalized spacial score (nSPS) is 25.4. The molecule has 0 spiro atoms. The molecular formula is C21H26BrN3O3. The van der Waals surface area contributed by atoms with E-state index in [4.69, 9.17) is 4.74 Å². The highest BCUT2D eigenvalue weighted by Crippen LogP contribution is 2.53. The lowest BCUT2D eigenvalue weighted by Crippen LogP contribution is -2.50. The minimum absolute atomic E-state index is 0.108. The van der Waals surface area contributed by atoms with E-state index in [9.17, 15) is 10.0 Å². The largest absolute Gasteiger partial charge is 0.464 e. The monoisotopic (exact) mass is 447 g/mol. The van der Waals surface area contributed by atoms with Crippen LogP contribution in [-0.4, -0.2) is 47.0 Å². The maximum absolute atomic E-state index is 12.1. The highest BCUT2D eigenvalue weighted by atomic mass is 79.9. The third-order valence-corrected chi connectivity index (χ3v) is 7.15. The van der Waals surface area contributed by atoms with E-state index < -0.39 is 5.97 Å². The Morgan fingerprint density at radius 1 is 1.46 bits per heavy atom. The van der Waals surface area contributed by atoms with Gasteiger partial charge in [-0.3, -0.25) is 4.90 Å². The van der Waals surface area contributed by atoms with Gasteiger partial charge in [0.2, 0.25) is 0 Å². The van der Waals surface area contributed by atoms with Crippen molar-refractivity contribution in [3.63, 3.8) is 0 Å². The first-order valence-corrected chi connectivity index (χ1v) is 10.7. The van der Waals surface area contributed by atoms with Gasteiger partial charge in [-0.1, -0.05) is 34.1 Å². The molecule has 2 aliphatic rings. The number of ether oxygens (including phenoxy) is 1. The molecule has 0 bridgehead atoms. The number of H-pyrrole nitrogens is 1. The molecule has 0 radical (unpaired) electrons. The number of hydrogen-bond acceptors (Lipinski definition) is 5. The van der Waals surface area contributed by atoms with Crippen molar-refractivity contribution in [3.8, 4) is 0 Å². The Bertz CT molecular complexity index is 938. The van der Waals surface area contributed by atoms with E-state index in [0.29, 0.717) is 6.42 Å². The number of nitrogens with one attached hydrogen (secondary N) is 1. The van der Waals surface area contributed by atoms with E-state index in [0.717, 1.165) is 48.8 Å². The van der Waals surface area contributed by atoms with Crippen molar-refractivity contribution >= 4 is 38.5 Å². The topological polar surface area (TPSA) is 77.9 Å². The van der Waals surface area contributed by atoms with Gasteiger partial charge in [0.05, 0.1) is 13.2 Å². The summed E-state index contributed by atoms with van der Waals surface area (Å²) in [5.74, 6) is -0.552. The Labute approximate surface area is 173 Å². The molecule has 0 saturated carbocycles. The van der Waals surface area contributed by atoms with Crippen molar-refractivity contribution in [3.05, 3.63) is 33.9 Å². The summed E-state index contributed by atoms with van der Waals surface area (Å²) in [4.78, 5) is 18.3. The van der Waals surface area contributed by atoms with Crippen molar-refractivity contribution in [2.24, 2.45) is 10.6 Å². The Hall–Kier alpha value is -1.86. The molecule has 1 aromatic carbocycles. The van der Waals surface area contributed by atoms with Crippen LogP contribution in [0.5, 0.6) is 0 Å². The molecule has 4 rings (SSSR count). The summed E-state index contributed by atoms with van der Waals surface area (Å²) < 4.78 is 5.90. The molecule has 1 fully saturated rings. The van der Waals surface area contributed by atoms with Crippen LogP contribution in [0.1, 0.15) is 49.9 Å². The van der Waals surface area contributed by atoms with Crippen LogP contribution in [0.15, 0.2) is 27.8 Å². The molecule has 1 aromatic heterocycles. The lowest BCUT2D eigenvalue weighted by Gasteiger charge is -2.52. The van der Waals surface area contributed by atoms with Gasteiger partial charge in [0.25, 0.3) is 0 Å². The molecule has 6 nitrogen and oxygen atoms in total. The molecule has 0 aliphatic carbocycles. The van der Waals surface area contributed by atoms with Crippen LogP contribution in [0.4, 0.5) is 0 Å². The second-order valence-corrected chi connectivity index (χ2v) is 8.85. The van der Waals surface area contributed by atoms with Crippen molar-refractivity contribution in [1.82, 2.24) is 9.88 Å². The van der Waals surface area contributed by atoms with Crippen molar-refractivity contribution in [1.29, 1.82) is 0 Å². The SMILES string of the molecule is CCC1(CC(=NO)C(=O)OC)CCCN2CCc3c([nH]c4cc(Br)ccc34)C21. The van der Waals surface area contributed by atoms with Gasteiger partial charge < -0.3 is 14.9 Å². The number of piperidine rings is 1. The van der Waals surface area contributed by atoms with Crippen LogP contribution in [0.25, 0.3) is 10.9 Å². The van der Waals surface area contributed by atoms with Crippen LogP contribution < -0.4 is 0 Å². The molecule has 2 atom stereocenters. The maximum Gasteiger partial charge on any atom is 0.355 e. The third-order valence-electron chi connectivity index (χ3n) is 6.65. The average Bonchev–Trinajstić information content (AvgIpc) is 3.08. The molecule has 0 amide bonds. The number of methoxy groups -OCH3 is 1. The zero-order valence-corrected chi connectivity index (χ0v) is 17.9. The first-order valence-electron chi connectivity index (χ1n) is 9.86. The number of halogens is 1. The maximum atomic E-state index is 12.1. The summed E-state index contributed by atoms with van der Waals surface area (Å²) in [6, 6.07) is 6.56. The van der Waals surface area contributed by atoms with Crippen molar-refractivity contribution in [2.45, 2.75) is 45.1 Å². The first-order chi connectivity index (χ1) is 13.5. The second kappa shape index (κ2) is 7.52. The van der Waals surface area contributed by atoms with Gasteiger partial charge >= 0.3 is 5.97 Å². The van der Waals surface area contributed by atoms with Gasteiger partial charge in [-0.25, -0.2) is 4.79 Å². The lowest BCUT2D eigenvalue weighted by molar-refractivity contribution is -0.133. The Kier molecular flexibility index (Phi) is 5.22. The molecule has 3 heterocycles. The number of fused-ring (bicyclic) bond motifs is 5. The molecule has 28 heavy (non-hydrogen) atoms. The van der Waals surface area contributed by atoms with Crippen molar-refractivity contribution < 1.29 is 14.7 Å². The molecule has 2 aromatic rings. The van der Waals surface area contributed by atoms with Gasteiger partial charge in [-0.05, 0) is 55.3 Å². The lowest BCUT2D eigenvalue weighted by atomic mass is 9.65. The molecule has 2 unspecified atom stereocenters. The summed E-state index contributed by atoms with van der Waals surface area (Å²) in [5, 5.41) is 14.0. The standard InChI is InChI=1S/C21H26BrN3O3/c1-3-21(12-17(24-27)20(26)28-2)8-4-9-25-10-7-15-14-6-5-13(22)11-16(14)23-18(15)19(21)25/h5-6,11,19,23,27H,3-4,7-10,12H2,1-2H3. The van der Waals surface area contributed by atoms with Crippen LogP contribution in [-0.2, 0) is 16.0 Å². The Morgan fingerprint density at radius 3 is 3.00 bits per heavy atom. The molecular weight excluding hydrogens is 422 g/mol. The number of esters is 1. The van der Waals surface area contributed by atoms with Crippen LogP contribution in [0, 0.1) is 5.41 Å². The fourth-order valence-electron chi connectivity index (χ4n) is 5.30. The second-order valence-electron chi connectivity index (χ2n) is 7.93. The van der Waals surface area contributed by atoms with E-state index >= 15 is 0 Å². The number of carbonyl (C=O) groups excluding carboxylic acids is 1. The predicted molar refractivity (Wildman–Crippen MR) is 112 cm³/mol. The number of carbonyl (C=O) groups is 1. The van der Waals surface area contributed by atoms with E-state index in [1.165, 1.54) is 23.8 Å². The Morgan fingerprint density at radius 2 is 2.29 bits per heavy atom. The fraction of sp³-hybridized carbons (Fsp3) is 0.524. The number of benzene rings is 1. The summed E-state index contributed by atoms with van der Waals surface area (Å²) in [6.07, 6.45) is 4.38. The number of rotatable bonds is 4. The minimum Gasteiger partial charge on any atom is -0.464 e. The highest BCUT2D eigenvalue weighted by Gasteiger charge is 2.48. The number of oxime groups is 1. The molecule has 150 valence electrons. The first kappa shape index (κ1) is 19.5. The van der Waals surface area contributed by atoms with Gasteiger partial charge in [0.1, 0.15) is 0 Å². The third kappa shape index (κ3) is 3.05. The highest BCUT2D eigenvalue weighted by molar-refractivity contribution is 9.10. The zero-order valence-electron chi connectivity index (χ0n) is 16.3. The number of aromatic nitrogens is 1. The van der Waals surface area contributed by atoms with Crippen LogP contribution >= 0.6 is 15.9 Å². The molecule has 1 saturated heterocycles. The summed E-state index contributed by atoms with van der Waals surface area (Å²) in [6.45, 7) is 4.23. The molecule has 7 heteroatoms. The summed E-state index contributed by atoms with van der Waals surface area (Å²) in [7, 11) is 1.33. The van der Waals surface area contributed by atoms with Gasteiger partial charge in [0, 0.05) is 34.0 Å². The van der Waals surface area contributed by atoms with E-state index in [2.05, 4.69) is 56.1 Å². The van der Waals surface area contributed by atoms with Crippen LogP contribution in [0.2, 0.25) is 0 Å². The fourth-order valence-corrected chi connectivity index (χ4v) is 5.66. The summed E-state index contributed by atoms with van der Waals surface area (Å²) >= 11 is 3.57. The van der Waals surface area contributed by atoms with Crippen LogP contribution in [0.3, 0.4) is 0 Å². The van der Waals surface area contributed by atoms with Gasteiger partial charge in [0.15, 0.2) is 5.71 Å². The quantitative estimate of drug-likeness (QED) is 0.314. The molecule has 2 aliphatic heterocycles. The van der Waals surface area contributed by atoms with E-state index in [-0.39, 0.29) is 17.2 Å². The number of nitrogens with zero attached hydrogens (tertiary/aromatic N) is 2. The molecule has 2 N–H and O–H groups in total. The number of aromatic amines is 1. The smallest absolute Gasteiger partial charge is 0.355 e. The summed E-state index contributed by atoms with van der Waals surface area (Å²) in [5.41, 5.74) is 3.70. The van der Waals surface area contributed by atoms with Gasteiger partial charge in [-0.15, -0.1) is 0 Å². The Balaban J connectivity index is 1.82. The zero-order chi connectivity index (χ0) is 19.9. The predicted octanol–water partition coefficient (Wildman–Crippen LogP) is 4.41. The number of hydrogen-bond donors (Lipinski definition) is 2. The van der Waals surface area contributed by atoms with Gasteiger partial charge in [-0.2, -0.15) is 0 Å². The van der Waals surface area contributed by atoms with Crippen molar-refractivity contribution in [2.75, 3.05) is 20.2 Å². The average molecular weight is 448 g/mol. The van der Waals surface area contributed by atoms with E-state index in [1.54, 1.807) is 0 Å². The minimum atomic E-state index is -0.552. The van der Waals surface area contributed by atoms with E-state index in [1.807, 2.05) is 0 Å².